The number of carbonyl (C=O) groups excluding carboxylic acids is 1. The van der Waals surface area contributed by atoms with Crippen LogP contribution in [0.3, 0.4) is 0 Å². The van der Waals surface area contributed by atoms with E-state index in [9.17, 15) is 4.79 Å². The molecule has 0 saturated carbocycles. The van der Waals surface area contributed by atoms with Crippen molar-refractivity contribution in [2.75, 3.05) is 13.7 Å². The molecule has 3 atom stereocenters. The van der Waals surface area contributed by atoms with E-state index in [1.165, 1.54) is 7.11 Å². The van der Waals surface area contributed by atoms with E-state index in [-0.39, 0.29) is 24.1 Å². The second-order valence-corrected chi connectivity index (χ2v) is 4.45. The van der Waals surface area contributed by atoms with Crippen LogP contribution in [0.5, 0.6) is 5.75 Å². The number of benzene rings is 1. The zero-order valence-corrected chi connectivity index (χ0v) is 10.7. The van der Waals surface area contributed by atoms with Crippen LogP contribution in [0.1, 0.15) is 13.3 Å². The van der Waals surface area contributed by atoms with Gasteiger partial charge in [0.25, 0.3) is 0 Å². The largest absolute Gasteiger partial charge is 0.491 e. The van der Waals surface area contributed by atoms with Crippen molar-refractivity contribution in [3.63, 3.8) is 0 Å². The summed E-state index contributed by atoms with van der Waals surface area (Å²) in [7, 11) is 1.41. The maximum atomic E-state index is 11.5. The van der Waals surface area contributed by atoms with Crippen molar-refractivity contribution < 1.29 is 19.0 Å². The van der Waals surface area contributed by atoms with Gasteiger partial charge < -0.3 is 14.2 Å². The molecule has 1 aromatic carbocycles. The molecule has 0 aromatic heterocycles. The van der Waals surface area contributed by atoms with Gasteiger partial charge in [0.1, 0.15) is 12.4 Å². The molecule has 1 saturated heterocycles. The van der Waals surface area contributed by atoms with E-state index in [1.54, 1.807) is 0 Å². The molecule has 0 N–H and O–H groups in total. The van der Waals surface area contributed by atoms with E-state index in [1.807, 2.05) is 37.3 Å². The molecule has 4 nitrogen and oxygen atoms in total. The normalized spacial score (nSPS) is 26.9. The molecule has 98 valence electrons. The quantitative estimate of drug-likeness (QED) is 0.767. The molecule has 0 aliphatic carbocycles. The summed E-state index contributed by atoms with van der Waals surface area (Å²) >= 11 is 0. The molecule has 4 heteroatoms. The minimum absolute atomic E-state index is 0.0516. The number of ether oxygens (including phenoxy) is 3. The molecule has 1 heterocycles. The molecule has 1 fully saturated rings. The van der Waals surface area contributed by atoms with E-state index >= 15 is 0 Å². The van der Waals surface area contributed by atoms with Gasteiger partial charge in [-0.05, 0) is 25.5 Å². The number of hydrogen-bond acceptors (Lipinski definition) is 4. The van der Waals surface area contributed by atoms with Gasteiger partial charge in [0, 0.05) is 0 Å². The van der Waals surface area contributed by atoms with Gasteiger partial charge in [-0.1, -0.05) is 18.2 Å². The summed E-state index contributed by atoms with van der Waals surface area (Å²) in [6.45, 7) is 2.35. The second kappa shape index (κ2) is 5.87. The summed E-state index contributed by atoms with van der Waals surface area (Å²) < 4.78 is 16.1. The molecule has 1 aliphatic heterocycles. The molecule has 0 unspecified atom stereocenters. The minimum Gasteiger partial charge on any atom is -0.491 e. The highest BCUT2D eigenvalue weighted by atomic mass is 16.6. The average Bonchev–Trinajstić information content (AvgIpc) is 2.78. The Kier molecular flexibility index (Phi) is 4.20. The Morgan fingerprint density at radius 1 is 1.39 bits per heavy atom. The smallest absolute Gasteiger partial charge is 0.311 e. The molecule has 0 radical (unpaired) electrons. The molecule has 0 amide bonds. The van der Waals surface area contributed by atoms with Gasteiger partial charge in [-0.25, -0.2) is 0 Å². The summed E-state index contributed by atoms with van der Waals surface area (Å²) in [5.41, 5.74) is 0. The fraction of sp³-hybridized carbons (Fsp3) is 0.500. The van der Waals surface area contributed by atoms with E-state index in [2.05, 4.69) is 0 Å². The first kappa shape index (κ1) is 12.9. The lowest BCUT2D eigenvalue weighted by Gasteiger charge is -2.12. The number of para-hydroxylation sites is 1. The molecule has 0 spiro atoms. The predicted octanol–water partition coefficient (Wildman–Crippen LogP) is 2.03. The first-order chi connectivity index (χ1) is 8.70. The Hall–Kier alpha value is -1.55. The van der Waals surface area contributed by atoms with Crippen molar-refractivity contribution in [1.82, 2.24) is 0 Å². The number of methoxy groups -OCH3 is 1. The van der Waals surface area contributed by atoms with Crippen LogP contribution in [0.2, 0.25) is 0 Å². The maximum Gasteiger partial charge on any atom is 0.311 e. The van der Waals surface area contributed by atoms with Crippen LogP contribution in [-0.2, 0) is 14.3 Å². The SMILES string of the molecule is COC(=O)[C@@H]1C[C@@H](COc2ccccc2)O[C@H]1C. The third-order valence-corrected chi connectivity index (χ3v) is 3.17. The highest BCUT2D eigenvalue weighted by molar-refractivity contribution is 5.73. The molecular formula is C14H18O4. The number of esters is 1. The van der Waals surface area contributed by atoms with Gasteiger partial charge >= 0.3 is 5.97 Å². The highest BCUT2D eigenvalue weighted by Gasteiger charge is 2.38. The van der Waals surface area contributed by atoms with Crippen LogP contribution in [-0.4, -0.2) is 31.9 Å². The molecule has 1 aliphatic rings. The Balaban J connectivity index is 1.84. The number of rotatable bonds is 4. The zero-order chi connectivity index (χ0) is 13.0. The fourth-order valence-corrected chi connectivity index (χ4v) is 2.18. The third kappa shape index (κ3) is 3.01. The van der Waals surface area contributed by atoms with Crippen LogP contribution in [0.15, 0.2) is 30.3 Å². The standard InChI is InChI=1S/C14H18O4/c1-10-13(14(15)16-2)8-12(18-10)9-17-11-6-4-3-5-7-11/h3-7,10,12-13H,8-9H2,1-2H3/t10-,12-,13+/m0/s1. The predicted molar refractivity (Wildman–Crippen MR) is 66.4 cm³/mol. The molecule has 2 rings (SSSR count). The lowest BCUT2D eigenvalue weighted by Crippen LogP contribution is -2.22. The lowest BCUT2D eigenvalue weighted by molar-refractivity contribution is -0.146. The molecule has 0 bridgehead atoms. The fourth-order valence-electron chi connectivity index (χ4n) is 2.18. The van der Waals surface area contributed by atoms with Gasteiger partial charge in [-0.3, -0.25) is 4.79 Å². The van der Waals surface area contributed by atoms with Crippen molar-refractivity contribution in [2.24, 2.45) is 5.92 Å². The summed E-state index contributed by atoms with van der Waals surface area (Å²) in [6.07, 6.45) is 0.492. The van der Waals surface area contributed by atoms with E-state index in [0.29, 0.717) is 13.0 Å². The number of carbonyl (C=O) groups is 1. The van der Waals surface area contributed by atoms with Crippen molar-refractivity contribution in [1.29, 1.82) is 0 Å². The van der Waals surface area contributed by atoms with E-state index < -0.39 is 0 Å². The van der Waals surface area contributed by atoms with Gasteiger partial charge in [0.15, 0.2) is 0 Å². The van der Waals surface area contributed by atoms with E-state index in [4.69, 9.17) is 14.2 Å². The molecule has 18 heavy (non-hydrogen) atoms. The Morgan fingerprint density at radius 3 is 2.78 bits per heavy atom. The first-order valence-electron chi connectivity index (χ1n) is 6.12. The summed E-state index contributed by atoms with van der Waals surface area (Å²) in [5, 5.41) is 0. The molecule has 1 aromatic rings. The van der Waals surface area contributed by atoms with Crippen LogP contribution >= 0.6 is 0 Å². The van der Waals surface area contributed by atoms with E-state index in [0.717, 1.165) is 5.75 Å². The van der Waals surface area contributed by atoms with Crippen molar-refractivity contribution in [2.45, 2.75) is 25.6 Å². The van der Waals surface area contributed by atoms with Crippen LogP contribution in [0.4, 0.5) is 0 Å². The minimum atomic E-state index is -0.204. The zero-order valence-electron chi connectivity index (χ0n) is 10.7. The van der Waals surface area contributed by atoms with Crippen molar-refractivity contribution >= 4 is 5.97 Å². The summed E-state index contributed by atoms with van der Waals surface area (Å²) in [4.78, 5) is 11.5. The number of hydrogen-bond donors (Lipinski definition) is 0. The van der Waals surface area contributed by atoms with Crippen molar-refractivity contribution in [3.8, 4) is 5.75 Å². The monoisotopic (exact) mass is 250 g/mol. The Labute approximate surface area is 107 Å². The summed E-state index contributed by atoms with van der Waals surface area (Å²) in [5.74, 6) is 0.430. The van der Waals surface area contributed by atoms with Crippen molar-refractivity contribution in [3.05, 3.63) is 30.3 Å². The van der Waals surface area contributed by atoms with Gasteiger partial charge in [-0.2, -0.15) is 0 Å². The maximum absolute atomic E-state index is 11.5. The van der Waals surface area contributed by atoms with Crippen LogP contribution in [0, 0.1) is 5.92 Å². The first-order valence-corrected chi connectivity index (χ1v) is 6.12. The van der Waals surface area contributed by atoms with Gasteiger partial charge in [0.05, 0.1) is 25.2 Å². The van der Waals surface area contributed by atoms with Gasteiger partial charge in [-0.15, -0.1) is 0 Å². The Bertz CT molecular complexity index is 390. The summed E-state index contributed by atoms with van der Waals surface area (Å²) in [6, 6.07) is 9.58. The average molecular weight is 250 g/mol. The third-order valence-electron chi connectivity index (χ3n) is 3.17. The van der Waals surface area contributed by atoms with Gasteiger partial charge in [0.2, 0.25) is 0 Å². The second-order valence-electron chi connectivity index (χ2n) is 4.45. The molecular weight excluding hydrogens is 232 g/mol. The topological polar surface area (TPSA) is 44.8 Å². The Morgan fingerprint density at radius 2 is 2.11 bits per heavy atom. The van der Waals surface area contributed by atoms with Crippen LogP contribution < -0.4 is 4.74 Å². The van der Waals surface area contributed by atoms with Crippen LogP contribution in [0.25, 0.3) is 0 Å². The highest BCUT2D eigenvalue weighted by Crippen LogP contribution is 2.27. The lowest BCUT2D eigenvalue weighted by atomic mass is 10.0.